The van der Waals surface area contributed by atoms with Crippen molar-refractivity contribution in [2.24, 2.45) is 10.9 Å². The van der Waals surface area contributed by atoms with Gasteiger partial charge >= 0.3 is 0 Å². The number of piperidine rings is 1. The van der Waals surface area contributed by atoms with E-state index < -0.39 is 0 Å². The lowest BCUT2D eigenvalue weighted by Gasteiger charge is -2.30. The first kappa shape index (κ1) is 20.4. The zero-order valence-corrected chi connectivity index (χ0v) is 16.7. The van der Waals surface area contributed by atoms with Gasteiger partial charge in [-0.15, -0.1) is 0 Å². The third-order valence-electron chi connectivity index (χ3n) is 4.95. The number of nitrogens with zero attached hydrogens (tertiary/aromatic N) is 2. The van der Waals surface area contributed by atoms with Crippen LogP contribution >= 0.6 is 0 Å². The van der Waals surface area contributed by atoms with Crippen LogP contribution in [0.25, 0.3) is 0 Å². The Balaban J connectivity index is 1.69. The van der Waals surface area contributed by atoms with Crippen molar-refractivity contribution in [1.29, 1.82) is 0 Å². The number of likely N-dealkylation sites (tertiary alicyclic amines) is 1. The molecule has 6 nitrogen and oxygen atoms in total. The van der Waals surface area contributed by atoms with E-state index in [9.17, 15) is 0 Å². The number of hydrogen-bond donors (Lipinski definition) is 2. The quantitative estimate of drug-likeness (QED) is 0.423. The average Bonchev–Trinajstić information content (AvgIpc) is 2.68. The van der Waals surface area contributed by atoms with E-state index in [1.807, 2.05) is 18.2 Å². The second-order valence-electron chi connectivity index (χ2n) is 6.92. The summed E-state index contributed by atoms with van der Waals surface area (Å²) in [5.74, 6) is 3.20. The Kier molecular flexibility index (Phi) is 8.54. The average molecular weight is 363 g/mol. The minimum absolute atomic E-state index is 0.685. The summed E-state index contributed by atoms with van der Waals surface area (Å²) >= 11 is 0. The summed E-state index contributed by atoms with van der Waals surface area (Å²) in [6.07, 6.45) is 3.80. The van der Waals surface area contributed by atoms with Gasteiger partial charge in [-0.25, -0.2) is 0 Å². The van der Waals surface area contributed by atoms with Crippen LogP contribution in [0, 0.1) is 5.92 Å². The van der Waals surface area contributed by atoms with Gasteiger partial charge in [-0.3, -0.25) is 4.99 Å². The lowest BCUT2D eigenvalue weighted by molar-refractivity contribution is 0.191. The number of hydrogen-bond acceptors (Lipinski definition) is 4. The first-order chi connectivity index (χ1) is 12.7. The standard InChI is InChI=1S/C20H34N4O2/c1-16-8-12-24(13-9-16)11-5-10-22-20(21-2)23-15-17-6-7-18(25-3)19(14-17)26-4/h6-7,14,16H,5,8-13,15H2,1-4H3,(H2,21,22,23). The van der Waals surface area contributed by atoms with Crippen molar-refractivity contribution in [1.82, 2.24) is 15.5 Å². The number of nitrogens with one attached hydrogen (secondary N) is 2. The molecule has 1 aromatic rings. The molecule has 0 aromatic heterocycles. The molecule has 0 aliphatic carbocycles. The van der Waals surface area contributed by atoms with E-state index in [-0.39, 0.29) is 0 Å². The Morgan fingerprint density at radius 1 is 1.15 bits per heavy atom. The normalized spacial score (nSPS) is 16.4. The van der Waals surface area contributed by atoms with Crippen molar-refractivity contribution in [3.63, 3.8) is 0 Å². The maximum atomic E-state index is 5.35. The monoisotopic (exact) mass is 362 g/mol. The van der Waals surface area contributed by atoms with E-state index in [0.717, 1.165) is 48.5 Å². The van der Waals surface area contributed by atoms with E-state index in [1.54, 1.807) is 21.3 Å². The molecule has 1 aromatic carbocycles. The largest absolute Gasteiger partial charge is 0.493 e. The van der Waals surface area contributed by atoms with Crippen LogP contribution in [0.2, 0.25) is 0 Å². The molecule has 146 valence electrons. The Bertz CT molecular complexity index is 569. The van der Waals surface area contributed by atoms with Crippen molar-refractivity contribution >= 4 is 5.96 Å². The van der Waals surface area contributed by atoms with Gasteiger partial charge in [0, 0.05) is 20.1 Å². The van der Waals surface area contributed by atoms with Crippen molar-refractivity contribution in [2.45, 2.75) is 32.7 Å². The van der Waals surface area contributed by atoms with E-state index in [0.29, 0.717) is 6.54 Å². The first-order valence-corrected chi connectivity index (χ1v) is 9.54. The summed E-state index contributed by atoms with van der Waals surface area (Å²) < 4.78 is 10.6. The summed E-state index contributed by atoms with van der Waals surface area (Å²) in [6.45, 7) is 7.61. The highest BCUT2D eigenvalue weighted by atomic mass is 16.5. The lowest BCUT2D eigenvalue weighted by Crippen LogP contribution is -2.39. The second kappa shape index (κ2) is 10.9. The summed E-state index contributed by atoms with van der Waals surface area (Å²) in [5.41, 5.74) is 1.12. The van der Waals surface area contributed by atoms with Gasteiger partial charge in [0.05, 0.1) is 14.2 Å². The number of aliphatic imine (C=N–C) groups is 1. The highest BCUT2D eigenvalue weighted by Crippen LogP contribution is 2.27. The molecule has 1 saturated heterocycles. The molecule has 26 heavy (non-hydrogen) atoms. The summed E-state index contributed by atoms with van der Waals surface area (Å²) in [7, 11) is 5.10. The molecule has 2 rings (SSSR count). The Morgan fingerprint density at radius 3 is 2.54 bits per heavy atom. The van der Waals surface area contributed by atoms with Gasteiger partial charge in [0.25, 0.3) is 0 Å². The van der Waals surface area contributed by atoms with Crippen molar-refractivity contribution in [3.8, 4) is 11.5 Å². The van der Waals surface area contributed by atoms with Crippen LogP contribution in [0.15, 0.2) is 23.2 Å². The first-order valence-electron chi connectivity index (χ1n) is 9.54. The Hall–Kier alpha value is -1.95. The lowest BCUT2D eigenvalue weighted by atomic mass is 9.99. The minimum Gasteiger partial charge on any atom is -0.493 e. The molecular formula is C20H34N4O2. The minimum atomic E-state index is 0.685. The smallest absolute Gasteiger partial charge is 0.191 e. The van der Waals surface area contributed by atoms with Gasteiger partial charge in [0.15, 0.2) is 17.5 Å². The van der Waals surface area contributed by atoms with Crippen molar-refractivity contribution in [2.75, 3.05) is 47.4 Å². The number of rotatable bonds is 8. The van der Waals surface area contributed by atoms with Gasteiger partial charge in [-0.2, -0.15) is 0 Å². The van der Waals surface area contributed by atoms with Gasteiger partial charge in [0.1, 0.15) is 0 Å². The van der Waals surface area contributed by atoms with E-state index >= 15 is 0 Å². The molecule has 1 fully saturated rings. The van der Waals surface area contributed by atoms with Gasteiger partial charge in [0.2, 0.25) is 0 Å². The molecule has 2 N–H and O–H groups in total. The molecule has 0 bridgehead atoms. The second-order valence-corrected chi connectivity index (χ2v) is 6.92. The fourth-order valence-corrected chi connectivity index (χ4v) is 3.19. The number of ether oxygens (including phenoxy) is 2. The fraction of sp³-hybridized carbons (Fsp3) is 0.650. The highest BCUT2D eigenvalue weighted by molar-refractivity contribution is 5.79. The summed E-state index contributed by atoms with van der Waals surface area (Å²) in [6, 6.07) is 5.93. The molecular weight excluding hydrogens is 328 g/mol. The maximum absolute atomic E-state index is 5.35. The van der Waals surface area contributed by atoms with E-state index in [1.165, 1.54) is 25.9 Å². The molecule has 0 unspecified atom stereocenters. The molecule has 0 radical (unpaired) electrons. The van der Waals surface area contributed by atoms with Crippen LogP contribution < -0.4 is 20.1 Å². The SMILES string of the molecule is CN=C(NCCCN1CCC(C)CC1)NCc1ccc(OC)c(OC)c1. The Labute approximate surface area is 158 Å². The Morgan fingerprint density at radius 2 is 1.88 bits per heavy atom. The van der Waals surface area contributed by atoms with E-state index in [2.05, 4.69) is 27.4 Å². The van der Waals surface area contributed by atoms with Crippen LogP contribution in [0.3, 0.4) is 0 Å². The third-order valence-corrected chi connectivity index (χ3v) is 4.95. The van der Waals surface area contributed by atoms with Gasteiger partial charge in [-0.1, -0.05) is 13.0 Å². The van der Waals surface area contributed by atoms with Crippen molar-refractivity contribution < 1.29 is 9.47 Å². The summed E-state index contributed by atoms with van der Waals surface area (Å²) in [5, 5.41) is 6.74. The van der Waals surface area contributed by atoms with Gasteiger partial charge in [-0.05, 0) is 62.5 Å². The number of benzene rings is 1. The molecule has 6 heteroatoms. The fourth-order valence-electron chi connectivity index (χ4n) is 3.19. The molecule has 0 saturated carbocycles. The third kappa shape index (κ3) is 6.41. The van der Waals surface area contributed by atoms with Crippen LogP contribution in [0.1, 0.15) is 31.7 Å². The molecule has 0 amide bonds. The highest BCUT2D eigenvalue weighted by Gasteiger charge is 2.14. The van der Waals surface area contributed by atoms with E-state index in [4.69, 9.17) is 9.47 Å². The number of guanidine groups is 1. The predicted octanol–water partition coefficient (Wildman–Crippen LogP) is 2.49. The van der Waals surface area contributed by atoms with Crippen LogP contribution in [0.4, 0.5) is 0 Å². The maximum Gasteiger partial charge on any atom is 0.191 e. The van der Waals surface area contributed by atoms with Crippen LogP contribution in [0.5, 0.6) is 11.5 Å². The van der Waals surface area contributed by atoms with Crippen LogP contribution in [-0.4, -0.2) is 58.3 Å². The molecule has 0 atom stereocenters. The molecule has 1 aliphatic heterocycles. The molecule has 1 aliphatic rings. The van der Waals surface area contributed by atoms with Crippen LogP contribution in [-0.2, 0) is 6.54 Å². The number of methoxy groups -OCH3 is 2. The molecule has 0 spiro atoms. The molecule has 1 heterocycles. The van der Waals surface area contributed by atoms with Crippen molar-refractivity contribution in [3.05, 3.63) is 23.8 Å². The summed E-state index contributed by atoms with van der Waals surface area (Å²) in [4.78, 5) is 6.87. The zero-order chi connectivity index (χ0) is 18.8. The zero-order valence-electron chi connectivity index (χ0n) is 16.7. The predicted molar refractivity (Wildman–Crippen MR) is 107 cm³/mol. The topological polar surface area (TPSA) is 58.1 Å². The van der Waals surface area contributed by atoms with Gasteiger partial charge < -0.3 is 25.0 Å².